The van der Waals surface area contributed by atoms with Gasteiger partial charge in [-0.25, -0.2) is 9.98 Å². The lowest BCUT2D eigenvalue weighted by atomic mass is 10.4. The highest BCUT2D eigenvalue weighted by Crippen LogP contribution is 2.08. The predicted molar refractivity (Wildman–Crippen MR) is 107 cm³/mol. The van der Waals surface area contributed by atoms with Gasteiger partial charge in [-0.2, -0.15) is 4.99 Å². The molecule has 0 bridgehead atoms. The quantitative estimate of drug-likeness (QED) is 0.249. The third kappa shape index (κ3) is 6.12. The first-order valence-electron chi connectivity index (χ1n) is 7.94. The molecule has 12 N–H and O–H groups in total. The summed E-state index contributed by atoms with van der Waals surface area (Å²) in [6.07, 6.45) is 1.80. The van der Waals surface area contributed by atoms with E-state index in [1.807, 2.05) is 18.2 Å². The summed E-state index contributed by atoms with van der Waals surface area (Å²) in [4.78, 5) is 19.6. The average molecular weight is 372 g/mol. The topological polar surface area (TPSA) is 212 Å². The summed E-state index contributed by atoms with van der Waals surface area (Å²) in [5.41, 5.74) is 24.3. The van der Waals surface area contributed by atoms with Gasteiger partial charge >= 0.3 is 0 Å². The van der Waals surface area contributed by atoms with E-state index >= 15 is 0 Å². The summed E-state index contributed by atoms with van der Waals surface area (Å²) in [6.45, 7) is 0.665. The molecule has 0 atom stereocenters. The Morgan fingerprint density at radius 2 is 1.85 bits per heavy atom. The lowest BCUT2D eigenvalue weighted by molar-refractivity contribution is 0.713. The highest BCUT2D eigenvalue weighted by Gasteiger charge is 2.05. The van der Waals surface area contributed by atoms with Gasteiger partial charge in [0.2, 0.25) is 11.9 Å². The van der Waals surface area contributed by atoms with E-state index in [1.54, 1.807) is 19.3 Å². The Kier molecular flexibility index (Phi) is 6.41. The van der Waals surface area contributed by atoms with Crippen molar-refractivity contribution in [3.8, 4) is 0 Å². The van der Waals surface area contributed by atoms with Crippen LogP contribution in [0.25, 0.3) is 0 Å². The molecule has 12 nitrogen and oxygen atoms in total. The molecule has 0 spiro atoms. The van der Waals surface area contributed by atoms with E-state index in [2.05, 4.69) is 30.3 Å². The third-order valence-corrected chi connectivity index (χ3v) is 3.43. The van der Waals surface area contributed by atoms with Gasteiger partial charge in [0.05, 0.1) is 13.1 Å². The fourth-order valence-corrected chi connectivity index (χ4v) is 1.96. The number of guanidine groups is 4. The number of aromatic nitrogens is 2. The van der Waals surface area contributed by atoms with E-state index in [-0.39, 0.29) is 30.4 Å². The van der Waals surface area contributed by atoms with Crippen molar-refractivity contribution in [2.24, 2.45) is 37.9 Å². The Balaban J connectivity index is 1.91. The van der Waals surface area contributed by atoms with E-state index in [0.717, 1.165) is 11.4 Å². The van der Waals surface area contributed by atoms with Crippen LogP contribution < -0.4 is 28.3 Å². The number of nitrogens with two attached hydrogens (primary N) is 4. The molecule has 0 aliphatic rings. The molecule has 27 heavy (non-hydrogen) atoms. The summed E-state index contributed by atoms with van der Waals surface area (Å²) in [6, 6.07) is 7.35. The summed E-state index contributed by atoms with van der Waals surface area (Å²) < 4.78 is 0. The molecule has 0 amide bonds. The lowest BCUT2D eigenvalue weighted by Gasteiger charge is -2.14. The first-order chi connectivity index (χ1) is 12.8. The van der Waals surface area contributed by atoms with Gasteiger partial charge in [-0.1, -0.05) is 0 Å². The monoisotopic (exact) mass is 372 g/mol. The zero-order valence-electron chi connectivity index (χ0n) is 14.9. The van der Waals surface area contributed by atoms with Crippen LogP contribution in [-0.2, 0) is 13.1 Å². The van der Waals surface area contributed by atoms with Gasteiger partial charge < -0.3 is 38.2 Å². The number of rotatable bonds is 5. The minimum atomic E-state index is -0.190. The van der Waals surface area contributed by atoms with Crippen LogP contribution in [0.3, 0.4) is 0 Å². The van der Waals surface area contributed by atoms with Crippen molar-refractivity contribution in [2.45, 2.75) is 13.1 Å². The van der Waals surface area contributed by atoms with E-state index in [0.29, 0.717) is 12.4 Å². The molecule has 144 valence electrons. The van der Waals surface area contributed by atoms with E-state index in [4.69, 9.17) is 28.3 Å². The second-order valence-corrected chi connectivity index (χ2v) is 5.51. The molecular weight excluding hydrogens is 348 g/mol. The van der Waals surface area contributed by atoms with Gasteiger partial charge in [0.25, 0.3) is 0 Å². The van der Waals surface area contributed by atoms with Crippen LogP contribution >= 0.6 is 0 Å². The van der Waals surface area contributed by atoms with E-state index < -0.39 is 0 Å². The predicted octanol–water partition coefficient (Wildman–Crippen LogP) is -0.776. The van der Waals surface area contributed by atoms with Gasteiger partial charge in [0.15, 0.2) is 11.9 Å². The minimum Gasteiger partial charge on any atom is -0.370 e. The van der Waals surface area contributed by atoms with Gasteiger partial charge in [0, 0.05) is 24.6 Å². The molecule has 0 radical (unpaired) electrons. The lowest BCUT2D eigenvalue weighted by Crippen LogP contribution is -2.42. The Morgan fingerprint density at radius 1 is 1.11 bits per heavy atom. The van der Waals surface area contributed by atoms with Crippen molar-refractivity contribution in [3.05, 3.63) is 41.9 Å². The number of nitrogens with zero attached hydrogens (tertiary/aromatic N) is 4. The highest BCUT2D eigenvalue weighted by molar-refractivity contribution is 6.00. The highest BCUT2D eigenvalue weighted by atomic mass is 15.3. The van der Waals surface area contributed by atoms with E-state index in [9.17, 15) is 0 Å². The Morgan fingerprint density at radius 3 is 2.52 bits per heavy atom. The van der Waals surface area contributed by atoms with Gasteiger partial charge in [0.1, 0.15) is 5.82 Å². The van der Waals surface area contributed by atoms with Crippen molar-refractivity contribution >= 4 is 29.7 Å². The second kappa shape index (κ2) is 8.94. The SMILES string of the molecule is CN(C(=N)N)C(N)=NCc1ccc(NC(N)=NC(N)=NCc2ccc[nH]2)[nH]1. The number of hydrogen-bond donors (Lipinski definition) is 8. The first kappa shape index (κ1) is 19.4. The van der Waals surface area contributed by atoms with Crippen molar-refractivity contribution < 1.29 is 0 Å². The molecule has 0 aliphatic carbocycles. The number of aromatic amines is 2. The smallest absolute Gasteiger partial charge is 0.218 e. The largest absolute Gasteiger partial charge is 0.370 e. The van der Waals surface area contributed by atoms with Gasteiger partial charge in [-0.05, 0) is 24.3 Å². The molecule has 0 unspecified atom stereocenters. The van der Waals surface area contributed by atoms with Gasteiger partial charge in [-0.15, -0.1) is 0 Å². The normalized spacial score (nSPS) is 12.9. The van der Waals surface area contributed by atoms with Crippen LogP contribution in [0.2, 0.25) is 0 Å². The summed E-state index contributed by atoms with van der Waals surface area (Å²) >= 11 is 0. The molecule has 0 aromatic carbocycles. The summed E-state index contributed by atoms with van der Waals surface area (Å²) in [5.74, 6) is 0.710. The van der Waals surface area contributed by atoms with Crippen molar-refractivity contribution in [3.63, 3.8) is 0 Å². The van der Waals surface area contributed by atoms with E-state index in [1.165, 1.54) is 4.90 Å². The maximum atomic E-state index is 7.30. The van der Waals surface area contributed by atoms with Crippen molar-refractivity contribution in [1.29, 1.82) is 5.41 Å². The summed E-state index contributed by atoms with van der Waals surface area (Å²) in [7, 11) is 1.56. The molecule has 2 aromatic rings. The first-order valence-corrected chi connectivity index (χ1v) is 7.94. The molecule has 2 aromatic heterocycles. The van der Waals surface area contributed by atoms with Crippen molar-refractivity contribution in [1.82, 2.24) is 14.9 Å². The second-order valence-electron chi connectivity index (χ2n) is 5.51. The molecule has 0 fully saturated rings. The number of hydrogen-bond acceptors (Lipinski definition) is 3. The zero-order chi connectivity index (χ0) is 19.8. The molecule has 0 aliphatic heterocycles. The Labute approximate surface area is 156 Å². The van der Waals surface area contributed by atoms with Crippen molar-refractivity contribution in [2.75, 3.05) is 12.4 Å². The standard InChI is InChI=1S/C15H24N12/c1-27(12(16)17)15(20)23-8-10-4-5-11(24-10)25-14(19)26-13(18)22-7-9-3-2-6-21-9/h2-6,21,24H,7-8H2,1H3,(H3,16,17)(H2,20,23)(H5,18,19,22,25,26). The fourth-order valence-electron chi connectivity index (χ4n) is 1.96. The summed E-state index contributed by atoms with van der Waals surface area (Å²) in [5, 5.41) is 10.2. The number of H-pyrrole nitrogens is 2. The van der Waals surface area contributed by atoms with Crippen LogP contribution in [-0.4, -0.2) is 45.8 Å². The maximum Gasteiger partial charge on any atom is 0.218 e. The van der Waals surface area contributed by atoms with Crippen LogP contribution in [0.15, 0.2) is 45.4 Å². The van der Waals surface area contributed by atoms with Crippen LogP contribution in [0.1, 0.15) is 11.4 Å². The van der Waals surface area contributed by atoms with Crippen LogP contribution in [0.4, 0.5) is 5.82 Å². The maximum absolute atomic E-state index is 7.30. The molecule has 2 rings (SSSR count). The molecule has 12 heteroatoms. The number of anilines is 1. The van der Waals surface area contributed by atoms with Crippen LogP contribution in [0, 0.1) is 5.41 Å². The molecule has 0 saturated heterocycles. The van der Waals surface area contributed by atoms with Crippen LogP contribution in [0.5, 0.6) is 0 Å². The Bertz CT molecular complexity index is 842. The Hall–Kier alpha value is -3.96. The fraction of sp³-hybridized carbons (Fsp3) is 0.200. The molecular formula is C15H24N12. The number of nitrogens with one attached hydrogen (secondary N) is 4. The number of aliphatic imine (C=N–C) groups is 3. The molecule has 2 heterocycles. The molecule has 0 saturated carbocycles. The average Bonchev–Trinajstić information content (AvgIpc) is 3.28. The zero-order valence-corrected chi connectivity index (χ0v) is 14.9. The van der Waals surface area contributed by atoms with Gasteiger partial charge in [-0.3, -0.25) is 10.3 Å². The minimum absolute atomic E-state index is 0.0611. The third-order valence-electron chi connectivity index (χ3n) is 3.43.